The van der Waals surface area contributed by atoms with Gasteiger partial charge in [0, 0.05) is 50.1 Å². The van der Waals surface area contributed by atoms with Crippen LogP contribution in [0.25, 0.3) is 11.1 Å². The minimum atomic E-state index is -0.604. The molecule has 0 aliphatic carbocycles. The van der Waals surface area contributed by atoms with Crippen molar-refractivity contribution in [1.29, 1.82) is 0 Å². The number of halogens is 1. The number of benzene rings is 3. The Labute approximate surface area is 287 Å². The van der Waals surface area contributed by atoms with Gasteiger partial charge in [-0.25, -0.2) is 9.59 Å². The highest BCUT2D eigenvalue weighted by atomic mass is 35.5. The molecule has 254 valence electrons. The third kappa shape index (κ3) is 9.51. The van der Waals surface area contributed by atoms with E-state index in [1.807, 2.05) is 54.6 Å². The number of piperidine rings is 2. The van der Waals surface area contributed by atoms with Crippen LogP contribution < -0.4 is 15.4 Å². The average molecular weight is 675 g/mol. The van der Waals surface area contributed by atoms with Gasteiger partial charge in [0.15, 0.2) is 6.29 Å². The van der Waals surface area contributed by atoms with Gasteiger partial charge in [0.1, 0.15) is 11.9 Å². The Balaban J connectivity index is 0.965. The van der Waals surface area contributed by atoms with Crippen molar-refractivity contribution in [2.75, 3.05) is 57.1 Å². The van der Waals surface area contributed by atoms with Gasteiger partial charge in [0.2, 0.25) is 0 Å². The fourth-order valence-electron chi connectivity index (χ4n) is 6.14. The van der Waals surface area contributed by atoms with E-state index < -0.39 is 12.2 Å². The summed E-state index contributed by atoms with van der Waals surface area (Å²) in [4.78, 5) is 41.1. The molecule has 10 nitrogen and oxygen atoms in total. The summed E-state index contributed by atoms with van der Waals surface area (Å²) < 4.78 is 16.5. The molecule has 0 saturated carbocycles. The summed E-state index contributed by atoms with van der Waals surface area (Å²) in [6.45, 7) is 9.03. The quantitative estimate of drug-likeness (QED) is 0.188. The lowest BCUT2D eigenvalue weighted by Gasteiger charge is -2.36. The molecule has 48 heavy (non-hydrogen) atoms. The molecule has 0 radical (unpaired) electrons. The number of rotatable bonds is 12. The van der Waals surface area contributed by atoms with E-state index in [0.29, 0.717) is 29.9 Å². The van der Waals surface area contributed by atoms with Crippen molar-refractivity contribution < 1.29 is 28.6 Å². The second-order valence-corrected chi connectivity index (χ2v) is 12.6. The summed E-state index contributed by atoms with van der Waals surface area (Å²) in [7, 11) is 1.44. The normalized spacial score (nSPS) is 15.8. The number of carbonyl (C=O) groups excluding carboxylic acids is 3. The number of amides is 2. The number of para-hydroxylation sites is 1. The molecule has 2 aliphatic heterocycles. The Kier molecular flexibility index (Phi) is 12.3. The zero-order chi connectivity index (χ0) is 33.9. The van der Waals surface area contributed by atoms with Crippen LogP contribution in [0.5, 0.6) is 5.75 Å². The van der Waals surface area contributed by atoms with E-state index in [9.17, 15) is 14.4 Å². The monoisotopic (exact) mass is 674 g/mol. The Morgan fingerprint density at radius 3 is 2.31 bits per heavy atom. The van der Waals surface area contributed by atoms with E-state index in [0.717, 1.165) is 87.3 Å². The second kappa shape index (κ2) is 17.0. The van der Waals surface area contributed by atoms with Crippen molar-refractivity contribution in [1.82, 2.24) is 9.80 Å². The molecular formula is C37H43ClN4O6. The second-order valence-electron chi connectivity index (χ2n) is 12.1. The van der Waals surface area contributed by atoms with Gasteiger partial charge in [-0.3, -0.25) is 15.4 Å². The Morgan fingerprint density at radius 1 is 0.917 bits per heavy atom. The largest absolute Gasteiger partial charge is 0.496 e. The van der Waals surface area contributed by atoms with Crippen molar-refractivity contribution >= 4 is 41.4 Å². The number of hydrogen-bond donors (Lipinski definition) is 2. The molecule has 0 bridgehead atoms. The van der Waals surface area contributed by atoms with Gasteiger partial charge in [-0.1, -0.05) is 66.7 Å². The minimum absolute atomic E-state index is 0.112. The van der Waals surface area contributed by atoms with Gasteiger partial charge < -0.3 is 24.0 Å². The van der Waals surface area contributed by atoms with Crippen LogP contribution in [0.1, 0.15) is 42.5 Å². The molecule has 3 aromatic rings. The van der Waals surface area contributed by atoms with Crippen molar-refractivity contribution in [2.24, 2.45) is 5.92 Å². The first-order valence-corrected chi connectivity index (χ1v) is 16.7. The molecule has 2 amide bonds. The van der Waals surface area contributed by atoms with Crippen LogP contribution in [0.15, 0.2) is 79.0 Å². The maximum atomic E-state index is 12.8. The molecule has 2 aliphatic rings. The number of nitrogens with zero attached hydrogens (tertiary/aromatic N) is 2. The number of ether oxygens (including phenoxy) is 3. The van der Waals surface area contributed by atoms with Crippen molar-refractivity contribution in [3.63, 3.8) is 0 Å². The smallest absolute Gasteiger partial charge is 0.411 e. The van der Waals surface area contributed by atoms with E-state index in [1.54, 1.807) is 0 Å². The number of anilines is 2. The average Bonchev–Trinajstić information content (AvgIpc) is 3.11. The molecule has 2 fully saturated rings. The van der Waals surface area contributed by atoms with Gasteiger partial charge in [0.25, 0.3) is 0 Å². The molecule has 2 saturated heterocycles. The highest BCUT2D eigenvalue weighted by Crippen LogP contribution is 2.31. The number of aldehydes is 1. The van der Waals surface area contributed by atoms with Crippen LogP contribution in [0.2, 0.25) is 5.02 Å². The molecule has 5 rings (SSSR count). The fourth-order valence-corrected chi connectivity index (χ4v) is 6.36. The van der Waals surface area contributed by atoms with Gasteiger partial charge in [-0.2, -0.15) is 0 Å². The number of nitrogens with one attached hydrogen (secondary N) is 2. The summed E-state index contributed by atoms with van der Waals surface area (Å²) in [5.74, 6) is 0.572. The number of carbonyl (C=O) groups is 3. The van der Waals surface area contributed by atoms with Crippen LogP contribution in [-0.2, 0) is 9.47 Å². The molecule has 3 aromatic carbocycles. The topological polar surface area (TPSA) is 109 Å². The lowest BCUT2D eigenvalue weighted by atomic mass is 9.97. The zero-order valence-corrected chi connectivity index (χ0v) is 28.0. The highest BCUT2D eigenvalue weighted by molar-refractivity contribution is 6.34. The molecular weight excluding hydrogens is 632 g/mol. The Morgan fingerprint density at radius 2 is 1.60 bits per heavy atom. The first-order valence-electron chi connectivity index (χ1n) is 16.4. The van der Waals surface area contributed by atoms with Crippen molar-refractivity contribution in [3.05, 3.63) is 89.6 Å². The van der Waals surface area contributed by atoms with E-state index in [4.69, 9.17) is 25.8 Å². The van der Waals surface area contributed by atoms with Crippen molar-refractivity contribution in [3.8, 4) is 16.9 Å². The van der Waals surface area contributed by atoms with Gasteiger partial charge in [-0.15, -0.1) is 0 Å². The van der Waals surface area contributed by atoms with Crippen LogP contribution in [0, 0.1) is 5.92 Å². The van der Waals surface area contributed by atoms with E-state index >= 15 is 0 Å². The van der Waals surface area contributed by atoms with Crippen LogP contribution in [-0.4, -0.2) is 80.8 Å². The third-order valence-electron chi connectivity index (χ3n) is 8.97. The predicted molar refractivity (Wildman–Crippen MR) is 188 cm³/mol. The van der Waals surface area contributed by atoms with Gasteiger partial charge in [-0.05, 0) is 55.7 Å². The Bertz CT molecular complexity index is 1570. The maximum Gasteiger partial charge on any atom is 0.411 e. The first kappa shape index (κ1) is 34.8. The highest BCUT2D eigenvalue weighted by Gasteiger charge is 2.25. The predicted octanol–water partition coefficient (Wildman–Crippen LogP) is 7.71. The molecule has 2 N–H and O–H groups in total. The summed E-state index contributed by atoms with van der Waals surface area (Å²) in [6, 6.07) is 20.7. The van der Waals surface area contributed by atoms with E-state index in [-0.39, 0.29) is 17.0 Å². The number of likely N-dealkylation sites (tertiary alicyclic amines) is 2. The SMILES string of the molecule is C=C(CCN1CCC(OC(=O)Nc2ccccc2-c2ccccc2)CC1)N1CCC(COC(=O)Nc2cc(OC)c(C=O)cc2Cl)CC1. The lowest BCUT2D eigenvalue weighted by molar-refractivity contribution is 0.0584. The van der Waals surface area contributed by atoms with Crippen LogP contribution >= 0.6 is 11.6 Å². The van der Waals surface area contributed by atoms with Gasteiger partial charge >= 0.3 is 12.2 Å². The number of hydrogen-bond acceptors (Lipinski definition) is 8. The van der Waals surface area contributed by atoms with E-state index in [1.165, 1.54) is 19.2 Å². The Hall–Kier alpha value is -4.54. The maximum absolute atomic E-state index is 12.8. The first-order chi connectivity index (χ1) is 23.3. The molecule has 0 unspecified atom stereocenters. The summed E-state index contributed by atoms with van der Waals surface area (Å²) in [5, 5.41) is 5.80. The molecule has 0 aromatic heterocycles. The fraction of sp³-hybridized carbons (Fsp3) is 0.378. The van der Waals surface area contributed by atoms with Crippen LogP contribution in [0.4, 0.5) is 21.0 Å². The number of methoxy groups -OCH3 is 1. The molecule has 0 spiro atoms. The minimum Gasteiger partial charge on any atom is -0.496 e. The van der Waals surface area contributed by atoms with E-state index in [2.05, 4.69) is 27.0 Å². The third-order valence-corrected chi connectivity index (χ3v) is 9.28. The lowest BCUT2D eigenvalue weighted by Crippen LogP contribution is -2.40. The summed E-state index contributed by atoms with van der Waals surface area (Å²) >= 11 is 6.20. The summed E-state index contributed by atoms with van der Waals surface area (Å²) in [5.41, 5.74) is 4.46. The molecule has 0 atom stereocenters. The molecule has 11 heteroatoms. The zero-order valence-electron chi connectivity index (χ0n) is 27.3. The standard InChI is InChI=1S/C37H43ClN4O6/c1-26(42-20-13-27(14-21-42)25-47-36(44)40-34-23-35(46-2)29(24-43)22-32(34)38)12-17-41-18-15-30(16-19-41)48-37(45)39-33-11-7-6-10-31(33)28-8-4-3-5-9-28/h3-11,22-24,27,30H,1,12-21,25H2,2H3,(H,39,45)(H,40,44). The van der Waals surface area contributed by atoms with Crippen molar-refractivity contribution in [2.45, 2.75) is 38.2 Å². The molecule has 2 heterocycles. The summed E-state index contributed by atoms with van der Waals surface area (Å²) in [6.07, 6.45) is 3.77. The van der Waals surface area contributed by atoms with Crippen LogP contribution in [0.3, 0.4) is 0 Å². The van der Waals surface area contributed by atoms with Gasteiger partial charge in [0.05, 0.1) is 35.7 Å².